The SMILES string of the molecule is COc1cc(C)cc(C)c1CNCC(O)CN. The zero-order chi connectivity index (χ0) is 12.8. The Balaban J connectivity index is 2.69. The number of methoxy groups -OCH3 is 1. The molecule has 0 spiro atoms. The summed E-state index contributed by atoms with van der Waals surface area (Å²) in [5, 5.41) is 12.5. The Morgan fingerprint density at radius 2 is 2.12 bits per heavy atom. The fourth-order valence-electron chi connectivity index (χ4n) is 1.81. The van der Waals surface area contributed by atoms with Crippen LogP contribution in [0.2, 0.25) is 0 Å². The molecule has 0 radical (unpaired) electrons. The van der Waals surface area contributed by atoms with Crippen molar-refractivity contribution in [3.05, 3.63) is 28.8 Å². The van der Waals surface area contributed by atoms with E-state index in [1.54, 1.807) is 7.11 Å². The van der Waals surface area contributed by atoms with E-state index in [2.05, 4.69) is 18.3 Å². The lowest BCUT2D eigenvalue weighted by atomic mass is 10.0. The summed E-state index contributed by atoms with van der Waals surface area (Å²) in [6.45, 7) is 5.55. The van der Waals surface area contributed by atoms with Crippen LogP contribution in [0.3, 0.4) is 0 Å². The molecule has 0 aliphatic rings. The highest BCUT2D eigenvalue weighted by atomic mass is 16.5. The maximum absolute atomic E-state index is 9.36. The Hall–Kier alpha value is -1.10. The Labute approximate surface area is 103 Å². The van der Waals surface area contributed by atoms with Crippen LogP contribution < -0.4 is 15.8 Å². The first-order valence-electron chi connectivity index (χ1n) is 5.81. The highest BCUT2D eigenvalue weighted by molar-refractivity contribution is 5.42. The summed E-state index contributed by atoms with van der Waals surface area (Å²) in [6, 6.07) is 4.14. The summed E-state index contributed by atoms with van der Waals surface area (Å²) < 4.78 is 5.36. The van der Waals surface area contributed by atoms with E-state index in [0.29, 0.717) is 13.1 Å². The number of aliphatic hydroxyl groups is 1. The predicted molar refractivity (Wildman–Crippen MR) is 69.2 cm³/mol. The van der Waals surface area contributed by atoms with E-state index < -0.39 is 6.10 Å². The van der Waals surface area contributed by atoms with Crippen LogP contribution >= 0.6 is 0 Å². The van der Waals surface area contributed by atoms with Crippen LogP contribution in [-0.4, -0.2) is 31.4 Å². The minimum absolute atomic E-state index is 0.275. The fraction of sp³-hybridized carbons (Fsp3) is 0.538. The van der Waals surface area contributed by atoms with Crippen LogP contribution in [-0.2, 0) is 6.54 Å². The molecular formula is C13H22N2O2. The molecule has 96 valence electrons. The van der Waals surface area contributed by atoms with Gasteiger partial charge in [-0.05, 0) is 31.0 Å². The summed E-state index contributed by atoms with van der Waals surface area (Å²) >= 11 is 0. The van der Waals surface area contributed by atoms with E-state index in [4.69, 9.17) is 10.5 Å². The van der Waals surface area contributed by atoms with Gasteiger partial charge in [0.15, 0.2) is 0 Å². The second-order valence-electron chi connectivity index (χ2n) is 4.28. The third-order valence-corrected chi connectivity index (χ3v) is 2.75. The topological polar surface area (TPSA) is 67.5 Å². The number of hydrogen-bond acceptors (Lipinski definition) is 4. The minimum Gasteiger partial charge on any atom is -0.496 e. The van der Waals surface area contributed by atoms with Gasteiger partial charge in [0, 0.05) is 25.2 Å². The number of aliphatic hydroxyl groups excluding tert-OH is 1. The molecule has 0 aliphatic heterocycles. The molecule has 4 nitrogen and oxygen atoms in total. The van der Waals surface area contributed by atoms with E-state index in [1.165, 1.54) is 11.1 Å². The Morgan fingerprint density at radius 1 is 1.41 bits per heavy atom. The number of ether oxygens (including phenoxy) is 1. The molecule has 1 rings (SSSR count). The van der Waals surface area contributed by atoms with Crippen molar-refractivity contribution in [1.29, 1.82) is 0 Å². The molecule has 1 aromatic rings. The molecule has 1 aromatic carbocycles. The quantitative estimate of drug-likeness (QED) is 0.683. The van der Waals surface area contributed by atoms with Crippen LogP contribution in [0.25, 0.3) is 0 Å². The van der Waals surface area contributed by atoms with Gasteiger partial charge < -0.3 is 20.9 Å². The summed E-state index contributed by atoms with van der Waals surface area (Å²) in [4.78, 5) is 0. The van der Waals surface area contributed by atoms with E-state index in [1.807, 2.05) is 13.0 Å². The lowest BCUT2D eigenvalue weighted by Crippen LogP contribution is -2.32. The van der Waals surface area contributed by atoms with Crippen LogP contribution in [0, 0.1) is 13.8 Å². The molecule has 0 bridgehead atoms. The Kier molecular flexibility index (Phi) is 5.41. The summed E-state index contributed by atoms with van der Waals surface area (Å²) in [7, 11) is 1.67. The zero-order valence-electron chi connectivity index (χ0n) is 10.8. The molecule has 0 fully saturated rings. The number of rotatable bonds is 6. The minimum atomic E-state index is -0.494. The van der Waals surface area contributed by atoms with E-state index in [9.17, 15) is 5.11 Å². The number of nitrogens with one attached hydrogen (secondary N) is 1. The maximum atomic E-state index is 9.36. The van der Waals surface area contributed by atoms with Crippen molar-refractivity contribution < 1.29 is 9.84 Å². The molecule has 4 N–H and O–H groups in total. The third-order valence-electron chi connectivity index (χ3n) is 2.75. The Bertz CT molecular complexity index is 367. The zero-order valence-corrected chi connectivity index (χ0v) is 10.8. The largest absolute Gasteiger partial charge is 0.496 e. The highest BCUT2D eigenvalue weighted by Crippen LogP contribution is 2.23. The number of nitrogens with two attached hydrogens (primary N) is 1. The van der Waals surface area contributed by atoms with Gasteiger partial charge >= 0.3 is 0 Å². The van der Waals surface area contributed by atoms with E-state index in [0.717, 1.165) is 11.3 Å². The molecule has 1 unspecified atom stereocenters. The van der Waals surface area contributed by atoms with Gasteiger partial charge in [-0.2, -0.15) is 0 Å². The molecule has 4 heteroatoms. The predicted octanol–water partition coefficient (Wildman–Crippen LogP) is 0.721. The van der Waals surface area contributed by atoms with Gasteiger partial charge in [0.25, 0.3) is 0 Å². The van der Waals surface area contributed by atoms with Crippen molar-refractivity contribution in [1.82, 2.24) is 5.32 Å². The lowest BCUT2D eigenvalue weighted by molar-refractivity contribution is 0.179. The molecule has 0 aromatic heterocycles. The molecule has 1 atom stereocenters. The average Bonchev–Trinajstić information content (AvgIpc) is 2.30. The standard InChI is InChI=1S/C13H22N2O2/c1-9-4-10(2)12(13(5-9)17-3)8-15-7-11(16)6-14/h4-5,11,15-16H,6-8,14H2,1-3H3. The number of benzene rings is 1. The smallest absolute Gasteiger partial charge is 0.123 e. The van der Waals surface area contributed by atoms with Gasteiger partial charge in [0.05, 0.1) is 13.2 Å². The second-order valence-corrected chi connectivity index (χ2v) is 4.28. The molecular weight excluding hydrogens is 216 g/mol. The normalized spacial score (nSPS) is 12.5. The number of aryl methyl sites for hydroxylation is 2. The van der Waals surface area contributed by atoms with Crippen molar-refractivity contribution >= 4 is 0 Å². The van der Waals surface area contributed by atoms with Crippen molar-refractivity contribution in [2.45, 2.75) is 26.5 Å². The van der Waals surface area contributed by atoms with Crippen LogP contribution in [0.15, 0.2) is 12.1 Å². The maximum Gasteiger partial charge on any atom is 0.123 e. The van der Waals surface area contributed by atoms with Crippen molar-refractivity contribution in [2.24, 2.45) is 5.73 Å². The molecule has 0 heterocycles. The van der Waals surface area contributed by atoms with Gasteiger partial charge in [-0.3, -0.25) is 0 Å². The summed E-state index contributed by atoms with van der Waals surface area (Å²) in [6.07, 6.45) is -0.494. The average molecular weight is 238 g/mol. The van der Waals surface area contributed by atoms with Gasteiger partial charge in [-0.1, -0.05) is 6.07 Å². The van der Waals surface area contributed by atoms with Crippen LogP contribution in [0.4, 0.5) is 0 Å². The molecule has 0 aliphatic carbocycles. The number of hydrogen-bond donors (Lipinski definition) is 3. The first-order chi connectivity index (χ1) is 8.08. The molecule has 0 amide bonds. The van der Waals surface area contributed by atoms with Crippen molar-refractivity contribution in [2.75, 3.05) is 20.2 Å². The Morgan fingerprint density at radius 3 is 2.71 bits per heavy atom. The third kappa shape index (κ3) is 4.00. The van der Waals surface area contributed by atoms with Crippen LogP contribution in [0.5, 0.6) is 5.75 Å². The molecule has 0 saturated carbocycles. The van der Waals surface area contributed by atoms with Crippen LogP contribution in [0.1, 0.15) is 16.7 Å². The highest BCUT2D eigenvalue weighted by Gasteiger charge is 2.08. The van der Waals surface area contributed by atoms with Gasteiger partial charge in [-0.15, -0.1) is 0 Å². The molecule has 0 saturated heterocycles. The fourth-order valence-corrected chi connectivity index (χ4v) is 1.81. The van der Waals surface area contributed by atoms with E-state index >= 15 is 0 Å². The monoisotopic (exact) mass is 238 g/mol. The summed E-state index contributed by atoms with van der Waals surface area (Å²) in [5.74, 6) is 0.886. The van der Waals surface area contributed by atoms with Gasteiger partial charge in [0.1, 0.15) is 5.75 Å². The van der Waals surface area contributed by atoms with Crippen molar-refractivity contribution in [3.63, 3.8) is 0 Å². The summed E-state index contributed by atoms with van der Waals surface area (Å²) in [5.41, 5.74) is 8.85. The van der Waals surface area contributed by atoms with Gasteiger partial charge in [-0.25, -0.2) is 0 Å². The first-order valence-corrected chi connectivity index (χ1v) is 5.81. The van der Waals surface area contributed by atoms with Gasteiger partial charge in [0.2, 0.25) is 0 Å². The van der Waals surface area contributed by atoms with E-state index in [-0.39, 0.29) is 6.54 Å². The second kappa shape index (κ2) is 6.59. The molecule has 17 heavy (non-hydrogen) atoms. The first kappa shape index (κ1) is 14.0. The lowest BCUT2D eigenvalue weighted by Gasteiger charge is -2.15. The van der Waals surface area contributed by atoms with Crippen molar-refractivity contribution in [3.8, 4) is 5.75 Å².